The zero-order valence-corrected chi connectivity index (χ0v) is 13.2. The van der Waals surface area contributed by atoms with Gasteiger partial charge in [0.2, 0.25) is 0 Å². The third kappa shape index (κ3) is 3.97. The van der Waals surface area contributed by atoms with E-state index in [1.807, 2.05) is 0 Å². The van der Waals surface area contributed by atoms with Crippen LogP contribution in [0.25, 0.3) is 0 Å². The Morgan fingerprint density at radius 3 is 2.64 bits per heavy atom. The van der Waals surface area contributed by atoms with E-state index in [9.17, 15) is 8.78 Å². The van der Waals surface area contributed by atoms with Crippen molar-refractivity contribution >= 4 is 5.69 Å². The smallest absolute Gasteiger partial charge is 0.149 e. The molecule has 2 nitrogen and oxygen atoms in total. The van der Waals surface area contributed by atoms with Crippen molar-refractivity contribution in [1.29, 1.82) is 0 Å². The van der Waals surface area contributed by atoms with E-state index in [4.69, 9.17) is 0 Å². The summed E-state index contributed by atoms with van der Waals surface area (Å²) >= 11 is 0. The fourth-order valence-corrected chi connectivity index (χ4v) is 3.82. The highest BCUT2D eigenvalue weighted by Gasteiger charge is 2.23. The van der Waals surface area contributed by atoms with Crippen LogP contribution in [0.15, 0.2) is 18.2 Å². The predicted molar refractivity (Wildman–Crippen MR) is 86.2 cm³/mol. The largest absolute Gasteiger partial charge is 0.368 e. The molecule has 2 fully saturated rings. The lowest BCUT2D eigenvalue weighted by Gasteiger charge is -2.36. The number of benzene rings is 1. The molecule has 1 aromatic rings. The Morgan fingerprint density at radius 2 is 1.86 bits per heavy atom. The van der Waals surface area contributed by atoms with E-state index >= 15 is 0 Å². The normalized spacial score (nSPS) is 23.7. The quantitative estimate of drug-likeness (QED) is 0.901. The zero-order valence-electron chi connectivity index (χ0n) is 13.2. The monoisotopic (exact) mass is 308 g/mol. The highest BCUT2D eigenvalue weighted by atomic mass is 19.1. The van der Waals surface area contributed by atoms with Crippen molar-refractivity contribution in [3.8, 4) is 0 Å². The van der Waals surface area contributed by atoms with Crippen LogP contribution in [-0.4, -0.2) is 25.7 Å². The maximum Gasteiger partial charge on any atom is 0.149 e. The molecule has 122 valence electrons. The number of nitrogens with one attached hydrogen (secondary N) is 1. The molecule has 0 aromatic heterocycles. The number of nitrogens with zero attached hydrogens (tertiary/aromatic N) is 1. The first-order chi connectivity index (χ1) is 10.7. The maximum atomic E-state index is 13.9. The second-order valence-corrected chi connectivity index (χ2v) is 6.79. The Bertz CT molecular complexity index is 486. The molecule has 1 saturated heterocycles. The van der Waals surface area contributed by atoms with Crippen LogP contribution in [0.4, 0.5) is 14.5 Å². The van der Waals surface area contributed by atoms with Crippen LogP contribution < -0.4 is 10.2 Å². The van der Waals surface area contributed by atoms with Gasteiger partial charge in [0, 0.05) is 25.2 Å². The van der Waals surface area contributed by atoms with Crippen molar-refractivity contribution in [2.45, 2.75) is 51.0 Å². The molecule has 1 heterocycles. The molecule has 0 spiro atoms. The van der Waals surface area contributed by atoms with Gasteiger partial charge < -0.3 is 10.2 Å². The zero-order chi connectivity index (χ0) is 15.4. The summed E-state index contributed by atoms with van der Waals surface area (Å²) < 4.78 is 27.0. The van der Waals surface area contributed by atoms with Gasteiger partial charge in [-0.05, 0) is 50.3 Å². The molecule has 1 atom stereocenters. The predicted octanol–water partition coefficient (Wildman–Crippen LogP) is 4.10. The van der Waals surface area contributed by atoms with Crippen LogP contribution in [0.1, 0.15) is 44.9 Å². The molecular weight excluding hydrogens is 282 g/mol. The molecule has 1 aliphatic carbocycles. The van der Waals surface area contributed by atoms with Gasteiger partial charge in [-0.25, -0.2) is 8.78 Å². The molecule has 22 heavy (non-hydrogen) atoms. The Labute approximate surface area is 131 Å². The fourth-order valence-electron chi connectivity index (χ4n) is 3.82. The summed E-state index contributed by atoms with van der Waals surface area (Å²) in [7, 11) is 0. The van der Waals surface area contributed by atoms with Crippen LogP contribution >= 0.6 is 0 Å². The number of halogens is 2. The summed E-state index contributed by atoms with van der Waals surface area (Å²) in [5.41, 5.74) is 0.533. The van der Waals surface area contributed by atoms with Crippen molar-refractivity contribution < 1.29 is 8.78 Å². The first-order valence-electron chi connectivity index (χ1n) is 8.66. The van der Waals surface area contributed by atoms with E-state index in [1.54, 1.807) is 6.07 Å². The molecule has 1 aliphatic heterocycles. The number of rotatable bonds is 4. The van der Waals surface area contributed by atoms with Gasteiger partial charge in [-0.2, -0.15) is 0 Å². The Morgan fingerprint density at radius 1 is 1.05 bits per heavy atom. The molecule has 1 N–H and O–H groups in total. The van der Waals surface area contributed by atoms with E-state index in [0.29, 0.717) is 11.7 Å². The van der Waals surface area contributed by atoms with Crippen LogP contribution in [0.2, 0.25) is 0 Å². The number of anilines is 1. The first kappa shape index (κ1) is 15.7. The number of hydrogen-bond acceptors (Lipinski definition) is 2. The van der Waals surface area contributed by atoms with E-state index in [-0.39, 0.29) is 0 Å². The lowest BCUT2D eigenvalue weighted by molar-refractivity contribution is 0.314. The molecule has 4 heteroatoms. The van der Waals surface area contributed by atoms with Gasteiger partial charge in [0.1, 0.15) is 11.6 Å². The summed E-state index contributed by atoms with van der Waals surface area (Å²) in [6, 6.07) is 4.31. The molecule has 3 rings (SSSR count). The van der Waals surface area contributed by atoms with Crippen molar-refractivity contribution in [2.24, 2.45) is 5.92 Å². The average molecular weight is 308 g/mol. The average Bonchev–Trinajstić information content (AvgIpc) is 2.54. The highest BCUT2D eigenvalue weighted by Crippen LogP contribution is 2.25. The van der Waals surface area contributed by atoms with Gasteiger partial charge in [0.15, 0.2) is 0 Å². The third-order valence-corrected chi connectivity index (χ3v) is 5.09. The van der Waals surface area contributed by atoms with E-state index < -0.39 is 11.6 Å². The van der Waals surface area contributed by atoms with Crippen molar-refractivity contribution in [3.05, 3.63) is 29.8 Å². The summed E-state index contributed by atoms with van der Waals surface area (Å²) in [4.78, 5) is 2.05. The van der Waals surface area contributed by atoms with Crippen molar-refractivity contribution in [2.75, 3.05) is 24.5 Å². The van der Waals surface area contributed by atoms with Crippen LogP contribution in [-0.2, 0) is 0 Å². The summed E-state index contributed by atoms with van der Waals surface area (Å²) in [5.74, 6) is -0.148. The van der Waals surface area contributed by atoms with E-state index in [1.165, 1.54) is 38.2 Å². The molecule has 1 unspecified atom stereocenters. The standard InChI is InChI=1S/C18H26F2N2/c19-15-8-9-18(17(20)11-15)22-10-4-7-16(13-22)21-12-14-5-2-1-3-6-14/h8-9,11,14,16,21H,1-7,10,12-13H2. The molecule has 1 aromatic carbocycles. The highest BCUT2D eigenvalue weighted by molar-refractivity contribution is 5.48. The lowest BCUT2D eigenvalue weighted by Crippen LogP contribution is -2.47. The van der Waals surface area contributed by atoms with E-state index in [2.05, 4.69) is 10.2 Å². The van der Waals surface area contributed by atoms with Gasteiger partial charge in [-0.3, -0.25) is 0 Å². The van der Waals surface area contributed by atoms with Gasteiger partial charge in [0.25, 0.3) is 0 Å². The Hall–Kier alpha value is -1.16. The Kier molecular flexibility index (Phi) is 5.29. The van der Waals surface area contributed by atoms with Gasteiger partial charge in [-0.15, -0.1) is 0 Å². The SMILES string of the molecule is Fc1ccc(N2CCCC(NCC3CCCCC3)C2)c(F)c1. The topological polar surface area (TPSA) is 15.3 Å². The van der Waals surface area contributed by atoms with Gasteiger partial charge >= 0.3 is 0 Å². The number of hydrogen-bond donors (Lipinski definition) is 1. The number of piperidine rings is 1. The Balaban J connectivity index is 1.54. The third-order valence-electron chi connectivity index (χ3n) is 5.09. The van der Waals surface area contributed by atoms with Crippen LogP contribution in [0.3, 0.4) is 0 Å². The first-order valence-corrected chi connectivity index (χ1v) is 8.66. The lowest BCUT2D eigenvalue weighted by atomic mass is 9.89. The van der Waals surface area contributed by atoms with Gasteiger partial charge in [-0.1, -0.05) is 19.3 Å². The van der Waals surface area contributed by atoms with Crippen molar-refractivity contribution in [1.82, 2.24) is 5.32 Å². The molecule has 1 saturated carbocycles. The molecule has 0 radical (unpaired) electrons. The molecular formula is C18H26F2N2. The minimum atomic E-state index is -0.509. The van der Waals surface area contributed by atoms with E-state index in [0.717, 1.165) is 44.5 Å². The minimum Gasteiger partial charge on any atom is -0.368 e. The minimum absolute atomic E-state index is 0.417. The second-order valence-electron chi connectivity index (χ2n) is 6.79. The molecule has 0 amide bonds. The maximum absolute atomic E-state index is 13.9. The summed E-state index contributed by atoms with van der Waals surface area (Å²) in [6.45, 7) is 2.75. The van der Waals surface area contributed by atoms with Crippen LogP contribution in [0, 0.1) is 17.6 Å². The second kappa shape index (κ2) is 7.40. The molecule has 0 bridgehead atoms. The van der Waals surface area contributed by atoms with Crippen LogP contribution in [0.5, 0.6) is 0 Å². The van der Waals surface area contributed by atoms with Crippen molar-refractivity contribution in [3.63, 3.8) is 0 Å². The summed E-state index contributed by atoms with van der Waals surface area (Å²) in [5, 5.41) is 3.68. The summed E-state index contributed by atoms with van der Waals surface area (Å²) in [6.07, 6.45) is 9.00. The van der Waals surface area contributed by atoms with Gasteiger partial charge in [0.05, 0.1) is 5.69 Å². The fraction of sp³-hybridized carbons (Fsp3) is 0.667. The molecule has 2 aliphatic rings.